The van der Waals surface area contributed by atoms with E-state index in [2.05, 4.69) is 10.0 Å². The molecule has 0 saturated heterocycles. The highest BCUT2D eigenvalue weighted by atomic mass is 32.2. The lowest BCUT2D eigenvalue weighted by Crippen LogP contribution is -2.27. The molecule has 0 heterocycles. The summed E-state index contributed by atoms with van der Waals surface area (Å²) in [7, 11) is -3.46. The Balaban J connectivity index is 2.12. The zero-order valence-electron chi connectivity index (χ0n) is 11.7. The standard InChI is InChI=1S/C14H22N2O3S/c1-11(5-4-10-17)15-13-6-2-3-7-14(13)20(18,19)16-12-8-9-12/h2-3,6-7,11-12,15-17H,4-5,8-10H2,1H3. The summed E-state index contributed by atoms with van der Waals surface area (Å²) in [4.78, 5) is 0.294. The SMILES string of the molecule is CC(CCCO)Nc1ccccc1S(=O)(=O)NC1CC1. The van der Waals surface area contributed by atoms with Crippen molar-refractivity contribution in [2.24, 2.45) is 0 Å². The van der Waals surface area contributed by atoms with Gasteiger partial charge < -0.3 is 10.4 Å². The molecule has 20 heavy (non-hydrogen) atoms. The van der Waals surface area contributed by atoms with Crippen molar-refractivity contribution in [3.63, 3.8) is 0 Å². The van der Waals surface area contributed by atoms with Crippen LogP contribution in [0.5, 0.6) is 0 Å². The molecule has 0 radical (unpaired) electrons. The Bertz CT molecular complexity index is 541. The van der Waals surface area contributed by atoms with E-state index < -0.39 is 10.0 Å². The number of aliphatic hydroxyl groups excluding tert-OH is 1. The van der Waals surface area contributed by atoms with Gasteiger partial charge in [-0.1, -0.05) is 12.1 Å². The van der Waals surface area contributed by atoms with Crippen LogP contribution in [-0.4, -0.2) is 32.2 Å². The van der Waals surface area contributed by atoms with Crippen LogP contribution >= 0.6 is 0 Å². The van der Waals surface area contributed by atoms with Gasteiger partial charge in [-0.25, -0.2) is 13.1 Å². The Morgan fingerprint density at radius 1 is 1.35 bits per heavy atom. The van der Waals surface area contributed by atoms with Gasteiger partial charge >= 0.3 is 0 Å². The summed E-state index contributed by atoms with van der Waals surface area (Å²) in [5.41, 5.74) is 0.617. The minimum atomic E-state index is -3.46. The lowest BCUT2D eigenvalue weighted by atomic mass is 10.2. The van der Waals surface area contributed by atoms with Crippen molar-refractivity contribution in [1.82, 2.24) is 4.72 Å². The zero-order valence-corrected chi connectivity index (χ0v) is 12.5. The summed E-state index contributed by atoms with van der Waals surface area (Å²) in [6, 6.07) is 7.14. The van der Waals surface area contributed by atoms with Crippen molar-refractivity contribution in [3.05, 3.63) is 24.3 Å². The van der Waals surface area contributed by atoms with E-state index in [0.29, 0.717) is 17.0 Å². The lowest BCUT2D eigenvalue weighted by Gasteiger charge is -2.18. The van der Waals surface area contributed by atoms with Crippen LogP contribution in [0.15, 0.2) is 29.2 Å². The van der Waals surface area contributed by atoms with Crippen LogP contribution in [0, 0.1) is 0 Å². The average molecular weight is 298 g/mol. The number of hydrogen-bond donors (Lipinski definition) is 3. The fraction of sp³-hybridized carbons (Fsp3) is 0.571. The molecule has 2 rings (SSSR count). The van der Waals surface area contributed by atoms with Crippen LogP contribution in [-0.2, 0) is 10.0 Å². The molecule has 1 aliphatic carbocycles. The highest BCUT2D eigenvalue weighted by Crippen LogP contribution is 2.26. The molecule has 1 unspecified atom stereocenters. The summed E-state index contributed by atoms with van der Waals surface area (Å²) in [6.45, 7) is 2.13. The second kappa shape index (κ2) is 6.56. The Hall–Kier alpha value is -1.11. The van der Waals surface area contributed by atoms with Gasteiger partial charge in [0.05, 0.1) is 5.69 Å². The van der Waals surface area contributed by atoms with Gasteiger partial charge in [0.1, 0.15) is 4.90 Å². The number of hydrogen-bond acceptors (Lipinski definition) is 4. The van der Waals surface area contributed by atoms with Gasteiger partial charge in [-0.15, -0.1) is 0 Å². The Morgan fingerprint density at radius 2 is 2.05 bits per heavy atom. The summed E-state index contributed by atoms with van der Waals surface area (Å²) in [5.74, 6) is 0. The molecule has 0 bridgehead atoms. The fourth-order valence-electron chi connectivity index (χ4n) is 2.04. The second-order valence-corrected chi connectivity index (χ2v) is 6.99. The van der Waals surface area contributed by atoms with E-state index >= 15 is 0 Å². The largest absolute Gasteiger partial charge is 0.396 e. The average Bonchev–Trinajstić information content (AvgIpc) is 3.20. The third-order valence-electron chi connectivity index (χ3n) is 3.27. The van der Waals surface area contributed by atoms with E-state index in [1.807, 2.05) is 13.0 Å². The molecule has 6 heteroatoms. The minimum Gasteiger partial charge on any atom is -0.396 e. The van der Waals surface area contributed by atoms with E-state index in [-0.39, 0.29) is 18.7 Å². The molecule has 5 nitrogen and oxygen atoms in total. The Kier molecular flexibility index (Phi) is 5.01. The zero-order chi connectivity index (χ0) is 14.6. The molecule has 1 aromatic carbocycles. The summed E-state index contributed by atoms with van der Waals surface area (Å²) < 4.78 is 27.3. The maximum atomic E-state index is 12.3. The molecule has 1 saturated carbocycles. The molecule has 0 aromatic heterocycles. The van der Waals surface area contributed by atoms with Crippen LogP contribution in [0.2, 0.25) is 0 Å². The Labute approximate surface area is 120 Å². The molecule has 3 N–H and O–H groups in total. The molecule has 1 fully saturated rings. The summed E-state index contributed by atoms with van der Waals surface area (Å²) in [6.07, 6.45) is 3.33. The van der Waals surface area contributed by atoms with Gasteiger partial charge in [-0.2, -0.15) is 0 Å². The highest BCUT2D eigenvalue weighted by Gasteiger charge is 2.29. The van der Waals surface area contributed by atoms with Gasteiger partial charge in [-0.3, -0.25) is 0 Å². The molecule has 1 aliphatic rings. The van der Waals surface area contributed by atoms with Crippen LogP contribution in [0.3, 0.4) is 0 Å². The molecular weight excluding hydrogens is 276 g/mol. The van der Waals surface area contributed by atoms with Gasteiger partial charge in [0.2, 0.25) is 10.0 Å². The topological polar surface area (TPSA) is 78.4 Å². The number of benzene rings is 1. The van der Waals surface area contributed by atoms with Crippen LogP contribution < -0.4 is 10.0 Å². The van der Waals surface area contributed by atoms with Crippen molar-refractivity contribution >= 4 is 15.7 Å². The number of sulfonamides is 1. The van der Waals surface area contributed by atoms with Crippen LogP contribution in [0.25, 0.3) is 0 Å². The van der Waals surface area contributed by atoms with E-state index in [1.165, 1.54) is 0 Å². The highest BCUT2D eigenvalue weighted by molar-refractivity contribution is 7.89. The third kappa shape index (κ3) is 4.19. The van der Waals surface area contributed by atoms with Gasteiger partial charge in [-0.05, 0) is 44.7 Å². The van der Waals surface area contributed by atoms with Crippen molar-refractivity contribution in [2.45, 2.75) is 49.6 Å². The number of anilines is 1. The number of aliphatic hydroxyl groups is 1. The quantitative estimate of drug-likeness (QED) is 0.682. The maximum Gasteiger partial charge on any atom is 0.242 e. The van der Waals surface area contributed by atoms with Gasteiger partial charge in [0.15, 0.2) is 0 Å². The first-order valence-electron chi connectivity index (χ1n) is 7.01. The molecular formula is C14H22N2O3S. The monoisotopic (exact) mass is 298 g/mol. The summed E-state index contributed by atoms with van der Waals surface area (Å²) in [5, 5.41) is 12.1. The lowest BCUT2D eigenvalue weighted by molar-refractivity contribution is 0.282. The third-order valence-corrected chi connectivity index (χ3v) is 4.85. The van der Waals surface area contributed by atoms with Crippen LogP contribution in [0.1, 0.15) is 32.6 Å². The number of rotatable bonds is 8. The summed E-state index contributed by atoms with van der Waals surface area (Å²) >= 11 is 0. The number of nitrogens with one attached hydrogen (secondary N) is 2. The molecule has 0 aliphatic heterocycles. The van der Waals surface area contributed by atoms with Crippen molar-refractivity contribution in [1.29, 1.82) is 0 Å². The minimum absolute atomic E-state index is 0.0971. The van der Waals surface area contributed by atoms with Crippen molar-refractivity contribution < 1.29 is 13.5 Å². The van der Waals surface area contributed by atoms with Gasteiger partial charge in [0.25, 0.3) is 0 Å². The van der Waals surface area contributed by atoms with E-state index in [0.717, 1.165) is 19.3 Å². The first-order chi connectivity index (χ1) is 9.53. The fourth-order valence-corrected chi connectivity index (χ4v) is 3.52. The van der Waals surface area contributed by atoms with E-state index in [9.17, 15) is 8.42 Å². The molecule has 0 amide bonds. The van der Waals surface area contributed by atoms with Crippen molar-refractivity contribution in [3.8, 4) is 0 Å². The predicted molar refractivity (Wildman–Crippen MR) is 79.2 cm³/mol. The van der Waals surface area contributed by atoms with E-state index in [1.54, 1.807) is 18.2 Å². The molecule has 112 valence electrons. The van der Waals surface area contributed by atoms with E-state index in [4.69, 9.17) is 5.11 Å². The normalized spacial score (nSPS) is 16.9. The maximum absolute atomic E-state index is 12.3. The second-order valence-electron chi connectivity index (χ2n) is 5.30. The number of para-hydroxylation sites is 1. The smallest absolute Gasteiger partial charge is 0.242 e. The van der Waals surface area contributed by atoms with Crippen molar-refractivity contribution in [2.75, 3.05) is 11.9 Å². The first-order valence-corrected chi connectivity index (χ1v) is 8.50. The Morgan fingerprint density at radius 3 is 2.70 bits per heavy atom. The first kappa shape index (κ1) is 15.3. The molecule has 0 spiro atoms. The predicted octanol–water partition coefficient (Wildman–Crippen LogP) is 1.70. The van der Waals surface area contributed by atoms with Crippen LogP contribution in [0.4, 0.5) is 5.69 Å². The van der Waals surface area contributed by atoms with Gasteiger partial charge in [0, 0.05) is 18.7 Å². The molecule has 1 atom stereocenters. The molecule has 1 aromatic rings.